The summed E-state index contributed by atoms with van der Waals surface area (Å²) in [7, 11) is 0. The molecule has 0 bridgehead atoms. The van der Waals surface area contributed by atoms with E-state index in [1.807, 2.05) is 12.1 Å². The van der Waals surface area contributed by atoms with E-state index in [1.165, 1.54) is 18.4 Å². The minimum Gasteiger partial charge on any atom is -0.378 e. The minimum absolute atomic E-state index is 0.389. The minimum atomic E-state index is 0.389. The van der Waals surface area contributed by atoms with E-state index in [4.69, 9.17) is 16.3 Å². The standard InChI is InChI=1S/C16H24ClNO/c1-3-4-16(13-5-7-15(17)8-6-13)18-11-14-9-10-19-12(14)2/h5-8,12,14,16,18H,3-4,9-11H2,1-2H3. The van der Waals surface area contributed by atoms with Crippen LogP contribution in [-0.2, 0) is 4.74 Å². The SMILES string of the molecule is CCCC(NCC1CCOC1C)c1ccc(Cl)cc1. The second-order valence-electron chi connectivity index (χ2n) is 5.43. The first kappa shape index (κ1) is 14.8. The van der Waals surface area contributed by atoms with Gasteiger partial charge in [-0.2, -0.15) is 0 Å². The van der Waals surface area contributed by atoms with Gasteiger partial charge in [-0.3, -0.25) is 0 Å². The molecule has 1 aromatic rings. The summed E-state index contributed by atoms with van der Waals surface area (Å²) in [4.78, 5) is 0. The van der Waals surface area contributed by atoms with Crippen molar-refractivity contribution in [3.63, 3.8) is 0 Å². The molecule has 1 aliphatic heterocycles. The molecule has 3 heteroatoms. The van der Waals surface area contributed by atoms with Gasteiger partial charge in [-0.05, 0) is 43.4 Å². The molecule has 106 valence electrons. The molecular weight excluding hydrogens is 258 g/mol. The molecule has 19 heavy (non-hydrogen) atoms. The highest BCUT2D eigenvalue weighted by Crippen LogP contribution is 2.24. The molecule has 0 spiro atoms. The van der Waals surface area contributed by atoms with E-state index in [2.05, 4.69) is 31.3 Å². The van der Waals surface area contributed by atoms with Gasteiger partial charge in [-0.1, -0.05) is 37.1 Å². The number of nitrogens with one attached hydrogen (secondary N) is 1. The van der Waals surface area contributed by atoms with E-state index in [0.717, 1.165) is 24.6 Å². The maximum absolute atomic E-state index is 5.96. The molecule has 3 atom stereocenters. The van der Waals surface area contributed by atoms with E-state index < -0.39 is 0 Å². The van der Waals surface area contributed by atoms with Crippen LogP contribution in [0.3, 0.4) is 0 Å². The second kappa shape index (κ2) is 7.28. The topological polar surface area (TPSA) is 21.3 Å². The highest BCUT2D eigenvalue weighted by molar-refractivity contribution is 6.30. The van der Waals surface area contributed by atoms with Gasteiger partial charge in [0.05, 0.1) is 6.10 Å². The predicted molar refractivity (Wildman–Crippen MR) is 80.6 cm³/mol. The molecule has 0 aliphatic carbocycles. The normalized spacial score (nSPS) is 24.6. The van der Waals surface area contributed by atoms with E-state index in [9.17, 15) is 0 Å². The Balaban J connectivity index is 1.93. The zero-order valence-corrected chi connectivity index (χ0v) is 12.6. The lowest BCUT2D eigenvalue weighted by atomic mass is 9.99. The van der Waals surface area contributed by atoms with Gasteiger partial charge in [0.25, 0.3) is 0 Å². The van der Waals surface area contributed by atoms with Crippen LogP contribution in [0.25, 0.3) is 0 Å². The van der Waals surface area contributed by atoms with Gasteiger partial charge in [0.1, 0.15) is 0 Å². The van der Waals surface area contributed by atoms with Crippen LogP contribution in [-0.4, -0.2) is 19.3 Å². The quantitative estimate of drug-likeness (QED) is 0.844. The van der Waals surface area contributed by atoms with Crippen molar-refractivity contribution in [2.45, 2.75) is 45.3 Å². The molecule has 1 saturated heterocycles. The van der Waals surface area contributed by atoms with Crippen LogP contribution >= 0.6 is 11.6 Å². The number of benzene rings is 1. The average Bonchev–Trinajstić information content (AvgIpc) is 2.81. The van der Waals surface area contributed by atoms with E-state index >= 15 is 0 Å². The predicted octanol–water partition coefficient (Wildman–Crippen LogP) is 4.20. The number of hydrogen-bond acceptors (Lipinski definition) is 2. The fourth-order valence-electron chi connectivity index (χ4n) is 2.71. The van der Waals surface area contributed by atoms with Crippen molar-refractivity contribution in [2.24, 2.45) is 5.92 Å². The van der Waals surface area contributed by atoms with Gasteiger partial charge in [-0.25, -0.2) is 0 Å². The summed E-state index contributed by atoms with van der Waals surface area (Å²) in [5, 5.41) is 4.51. The molecule has 2 nitrogen and oxygen atoms in total. The van der Waals surface area contributed by atoms with Crippen molar-refractivity contribution >= 4 is 11.6 Å². The zero-order valence-electron chi connectivity index (χ0n) is 11.9. The van der Waals surface area contributed by atoms with Crippen molar-refractivity contribution in [3.8, 4) is 0 Å². The smallest absolute Gasteiger partial charge is 0.0588 e. The number of ether oxygens (including phenoxy) is 1. The van der Waals surface area contributed by atoms with E-state index in [1.54, 1.807) is 0 Å². The van der Waals surface area contributed by atoms with Crippen LogP contribution in [0, 0.1) is 5.92 Å². The highest BCUT2D eigenvalue weighted by atomic mass is 35.5. The van der Waals surface area contributed by atoms with E-state index in [0.29, 0.717) is 18.1 Å². The summed E-state index contributed by atoms with van der Waals surface area (Å²) in [6.45, 7) is 6.35. The fraction of sp³-hybridized carbons (Fsp3) is 0.625. The third kappa shape index (κ3) is 4.20. The Morgan fingerprint density at radius 3 is 2.68 bits per heavy atom. The molecule has 1 heterocycles. The van der Waals surface area contributed by atoms with Gasteiger partial charge >= 0.3 is 0 Å². The molecule has 0 radical (unpaired) electrons. The average molecular weight is 282 g/mol. The van der Waals surface area contributed by atoms with Crippen LogP contribution in [0.1, 0.15) is 44.7 Å². The van der Waals surface area contributed by atoms with Crippen molar-refractivity contribution in [3.05, 3.63) is 34.9 Å². The Morgan fingerprint density at radius 1 is 1.37 bits per heavy atom. The molecule has 1 aliphatic rings. The van der Waals surface area contributed by atoms with Crippen LogP contribution in [0.2, 0.25) is 5.02 Å². The number of halogens is 1. The summed E-state index contributed by atoms with van der Waals surface area (Å²) in [5.74, 6) is 0.645. The van der Waals surface area contributed by atoms with E-state index in [-0.39, 0.29) is 0 Å². The fourth-order valence-corrected chi connectivity index (χ4v) is 2.83. The van der Waals surface area contributed by atoms with Gasteiger partial charge in [0, 0.05) is 24.2 Å². The molecule has 1 fully saturated rings. The number of rotatable bonds is 6. The van der Waals surface area contributed by atoms with Crippen LogP contribution < -0.4 is 5.32 Å². The number of hydrogen-bond donors (Lipinski definition) is 1. The maximum atomic E-state index is 5.96. The first-order valence-corrected chi connectivity index (χ1v) is 7.69. The van der Waals surface area contributed by atoms with Gasteiger partial charge < -0.3 is 10.1 Å². The molecular formula is C16H24ClNO. The molecule has 2 rings (SSSR count). The Kier molecular flexibility index (Phi) is 5.68. The molecule has 0 amide bonds. The molecule has 0 aromatic heterocycles. The molecule has 1 aromatic carbocycles. The van der Waals surface area contributed by atoms with Crippen LogP contribution in [0.5, 0.6) is 0 Å². The monoisotopic (exact) mass is 281 g/mol. The zero-order chi connectivity index (χ0) is 13.7. The Labute approximate surface area is 121 Å². The maximum Gasteiger partial charge on any atom is 0.0588 e. The second-order valence-corrected chi connectivity index (χ2v) is 5.86. The Morgan fingerprint density at radius 2 is 2.11 bits per heavy atom. The Bertz CT molecular complexity index is 379. The summed E-state index contributed by atoms with van der Waals surface area (Å²) in [6, 6.07) is 8.63. The van der Waals surface area contributed by atoms with Crippen molar-refractivity contribution in [2.75, 3.05) is 13.2 Å². The largest absolute Gasteiger partial charge is 0.378 e. The van der Waals surface area contributed by atoms with Crippen molar-refractivity contribution in [1.29, 1.82) is 0 Å². The summed E-state index contributed by atoms with van der Waals surface area (Å²) < 4.78 is 5.62. The highest BCUT2D eigenvalue weighted by Gasteiger charge is 2.24. The third-order valence-electron chi connectivity index (χ3n) is 4.01. The summed E-state index contributed by atoms with van der Waals surface area (Å²) >= 11 is 5.96. The van der Waals surface area contributed by atoms with Crippen LogP contribution in [0.15, 0.2) is 24.3 Å². The Hall–Kier alpha value is -0.570. The lowest BCUT2D eigenvalue weighted by Gasteiger charge is -2.22. The first-order chi connectivity index (χ1) is 9.20. The lowest BCUT2D eigenvalue weighted by Crippen LogP contribution is -2.30. The third-order valence-corrected chi connectivity index (χ3v) is 4.26. The first-order valence-electron chi connectivity index (χ1n) is 7.31. The summed E-state index contributed by atoms with van der Waals surface area (Å²) in [6.07, 6.45) is 3.90. The lowest BCUT2D eigenvalue weighted by molar-refractivity contribution is 0.105. The van der Waals surface area contributed by atoms with Crippen molar-refractivity contribution < 1.29 is 4.74 Å². The van der Waals surface area contributed by atoms with Crippen molar-refractivity contribution in [1.82, 2.24) is 5.32 Å². The van der Waals surface area contributed by atoms with Gasteiger partial charge in [0.15, 0.2) is 0 Å². The summed E-state index contributed by atoms with van der Waals surface area (Å²) in [5.41, 5.74) is 1.33. The molecule has 3 unspecified atom stereocenters. The van der Waals surface area contributed by atoms with Gasteiger partial charge in [-0.15, -0.1) is 0 Å². The molecule has 0 saturated carbocycles. The van der Waals surface area contributed by atoms with Gasteiger partial charge in [0.2, 0.25) is 0 Å². The van der Waals surface area contributed by atoms with Crippen LogP contribution in [0.4, 0.5) is 0 Å². The molecule has 1 N–H and O–H groups in total.